The largest absolute Gasteiger partial charge is 0.467 e. The van der Waals surface area contributed by atoms with Gasteiger partial charge >= 0.3 is 5.97 Å². The average Bonchev–Trinajstić information content (AvgIpc) is 3.41. The van der Waals surface area contributed by atoms with E-state index in [0.717, 1.165) is 17.1 Å². The number of hydrogen-bond acceptors (Lipinski definition) is 7. The number of esters is 1. The van der Waals surface area contributed by atoms with Gasteiger partial charge in [-0.15, -0.1) is 0 Å². The molecule has 166 valence electrons. The van der Waals surface area contributed by atoms with Crippen molar-refractivity contribution in [2.75, 3.05) is 25.6 Å². The molecule has 0 fully saturated rings. The van der Waals surface area contributed by atoms with Gasteiger partial charge in [0, 0.05) is 19.8 Å². The summed E-state index contributed by atoms with van der Waals surface area (Å²) in [6.45, 7) is 6.42. The Morgan fingerprint density at radius 1 is 1.23 bits per heavy atom. The monoisotopic (exact) mass is 445 g/mol. The number of thioether (sulfide) groups is 1. The maximum atomic E-state index is 12.3. The highest BCUT2D eigenvalue weighted by atomic mass is 32.2. The van der Waals surface area contributed by atoms with Gasteiger partial charge in [0.25, 0.3) is 0 Å². The number of aromatic nitrogens is 2. The van der Waals surface area contributed by atoms with Gasteiger partial charge in [-0.2, -0.15) is 0 Å². The lowest BCUT2D eigenvalue weighted by molar-refractivity contribution is -0.118. The van der Waals surface area contributed by atoms with E-state index in [-0.39, 0.29) is 17.6 Å². The Labute approximate surface area is 185 Å². The Morgan fingerprint density at radius 3 is 2.84 bits per heavy atom. The standard InChI is InChI=1S/C22H27N3O5S/c1-3-28-11-6-10-25-19-9-8-16(21(27)29-4-2)13-18(19)24-22(25)31-15-20(26)23-14-17-7-5-12-30-17/h5,7-9,12-13H,3-4,6,10-11,14-15H2,1-2H3,(H,23,26). The van der Waals surface area contributed by atoms with Crippen molar-refractivity contribution in [2.45, 2.75) is 38.5 Å². The molecule has 1 amide bonds. The van der Waals surface area contributed by atoms with E-state index in [1.807, 2.05) is 19.1 Å². The SMILES string of the molecule is CCOCCCn1c(SCC(=O)NCc2ccco2)nc2cc(C(=O)OCC)ccc21. The molecule has 0 aliphatic carbocycles. The van der Waals surface area contributed by atoms with Gasteiger partial charge in [0.15, 0.2) is 5.16 Å². The molecule has 2 aromatic heterocycles. The van der Waals surface area contributed by atoms with Crippen molar-refractivity contribution in [3.8, 4) is 0 Å². The zero-order valence-electron chi connectivity index (χ0n) is 17.8. The van der Waals surface area contributed by atoms with Crippen LogP contribution in [0.4, 0.5) is 0 Å². The summed E-state index contributed by atoms with van der Waals surface area (Å²) in [7, 11) is 0. The highest BCUT2D eigenvalue weighted by molar-refractivity contribution is 7.99. The Hall–Kier alpha value is -2.78. The summed E-state index contributed by atoms with van der Waals surface area (Å²) in [5.74, 6) is 0.441. The minimum absolute atomic E-state index is 0.110. The van der Waals surface area contributed by atoms with Crippen LogP contribution in [0.1, 0.15) is 36.4 Å². The van der Waals surface area contributed by atoms with E-state index < -0.39 is 0 Å². The summed E-state index contributed by atoms with van der Waals surface area (Å²) >= 11 is 1.36. The molecular formula is C22H27N3O5S. The third kappa shape index (κ3) is 6.35. The van der Waals surface area contributed by atoms with Crippen LogP contribution in [0.25, 0.3) is 11.0 Å². The number of nitrogens with one attached hydrogen (secondary N) is 1. The van der Waals surface area contributed by atoms with Gasteiger partial charge < -0.3 is 23.8 Å². The second-order valence-corrected chi connectivity index (χ2v) is 7.61. The number of carbonyl (C=O) groups is 2. The first-order valence-corrected chi connectivity index (χ1v) is 11.3. The van der Waals surface area contributed by atoms with E-state index >= 15 is 0 Å². The van der Waals surface area contributed by atoms with Crippen LogP contribution >= 0.6 is 11.8 Å². The van der Waals surface area contributed by atoms with Crippen LogP contribution in [-0.4, -0.2) is 47.0 Å². The molecular weight excluding hydrogens is 418 g/mol. The van der Waals surface area contributed by atoms with Gasteiger partial charge in [0.05, 0.1) is 41.8 Å². The van der Waals surface area contributed by atoms with E-state index in [1.165, 1.54) is 11.8 Å². The van der Waals surface area contributed by atoms with Gasteiger partial charge in [-0.3, -0.25) is 4.79 Å². The van der Waals surface area contributed by atoms with Crippen molar-refractivity contribution < 1.29 is 23.5 Å². The third-order valence-corrected chi connectivity index (χ3v) is 5.45. The molecule has 0 atom stereocenters. The molecule has 1 N–H and O–H groups in total. The molecule has 0 spiro atoms. The van der Waals surface area contributed by atoms with Crippen LogP contribution in [0.2, 0.25) is 0 Å². The lowest BCUT2D eigenvalue weighted by Crippen LogP contribution is -2.24. The average molecular weight is 446 g/mol. The molecule has 3 aromatic rings. The Bertz CT molecular complexity index is 1000. The van der Waals surface area contributed by atoms with Crippen LogP contribution in [-0.2, 0) is 27.4 Å². The molecule has 31 heavy (non-hydrogen) atoms. The number of rotatable bonds is 12. The number of nitrogens with zero attached hydrogens (tertiary/aromatic N) is 2. The number of imidazole rings is 1. The molecule has 9 heteroatoms. The van der Waals surface area contributed by atoms with Crippen molar-refractivity contribution >= 4 is 34.7 Å². The minimum atomic E-state index is -0.373. The molecule has 0 unspecified atom stereocenters. The van der Waals surface area contributed by atoms with Crippen molar-refractivity contribution in [1.82, 2.24) is 14.9 Å². The summed E-state index contributed by atoms with van der Waals surface area (Å²) in [6, 6.07) is 8.94. The number of hydrogen-bond donors (Lipinski definition) is 1. The number of benzene rings is 1. The van der Waals surface area contributed by atoms with Gasteiger partial charge in [-0.05, 0) is 50.6 Å². The van der Waals surface area contributed by atoms with Crippen molar-refractivity contribution in [3.63, 3.8) is 0 Å². The molecule has 2 heterocycles. The van der Waals surface area contributed by atoms with E-state index in [0.29, 0.717) is 49.8 Å². The molecule has 0 bridgehead atoms. The van der Waals surface area contributed by atoms with Gasteiger partial charge in [-0.1, -0.05) is 11.8 Å². The van der Waals surface area contributed by atoms with Crippen molar-refractivity contribution in [2.24, 2.45) is 0 Å². The molecule has 0 saturated carbocycles. The smallest absolute Gasteiger partial charge is 0.338 e. The van der Waals surface area contributed by atoms with Gasteiger partial charge in [0.2, 0.25) is 5.91 Å². The highest BCUT2D eigenvalue weighted by Gasteiger charge is 2.16. The lowest BCUT2D eigenvalue weighted by Gasteiger charge is -2.09. The molecule has 0 radical (unpaired) electrons. The van der Waals surface area contributed by atoms with E-state index in [9.17, 15) is 9.59 Å². The number of aryl methyl sites for hydroxylation is 1. The Balaban J connectivity index is 1.73. The number of amides is 1. The van der Waals surface area contributed by atoms with Gasteiger partial charge in [0.1, 0.15) is 5.76 Å². The molecule has 0 aliphatic heterocycles. The van der Waals surface area contributed by atoms with Crippen LogP contribution < -0.4 is 5.32 Å². The maximum absolute atomic E-state index is 12.3. The highest BCUT2D eigenvalue weighted by Crippen LogP contribution is 2.25. The van der Waals surface area contributed by atoms with E-state index in [4.69, 9.17) is 13.9 Å². The van der Waals surface area contributed by atoms with E-state index in [1.54, 1.807) is 31.4 Å². The number of carbonyl (C=O) groups excluding carboxylic acids is 2. The summed E-state index contributed by atoms with van der Waals surface area (Å²) < 4.78 is 17.8. The first-order valence-electron chi connectivity index (χ1n) is 10.3. The van der Waals surface area contributed by atoms with Gasteiger partial charge in [-0.25, -0.2) is 9.78 Å². The fraction of sp³-hybridized carbons (Fsp3) is 0.409. The normalized spacial score (nSPS) is 11.0. The third-order valence-electron chi connectivity index (χ3n) is 4.47. The first-order chi connectivity index (χ1) is 15.1. The Kier molecular flexibility index (Phi) is 8.54. The number of fused-ring (bicyclic) bond motifs is 1. The summed E-state index contributed by atoms with van der Waals surface area (Å²) in [5, 5.41) is 3.56. The fourth-order valence-corrected chi connectivity index (χ4v) is 3.90. The predicted molar refractivity (Wildman–Crippen MR) is 118 cm³/mol. The first kappa shape index (κ1) is 22.9. The van der Waals surface area contributed by atoms with Crippen LogP contribution in [0.3, 0.4) is 0 Å². The molecule has 3 rings (SSSR count). The van der Waals surface area contributed by atoms with E-state index in [2.05, 4.69) is 14.9 Å². The van der Waals surface area contributed by atoms with Crippen LogP contribution in [0.5, 0.6) is 0 Å². The lowest BCUT2D eigenvalue weighted by atomic mass is 10.2. The zero-order valence-corrected chi connectivity index (χ0v) is 18.6. The number of furan rings is 1. The Morgan fingerprint density at radius 2 is 2.10 bits per heavy atom. The molecule has 0 aliphatic rings. The van der Waals surface area contributed by atoms with Crippen LogP contribution in [0.15, 0.2) is 46.2 Å². The predicted octanol–water partition coefficient (Wildman–Crippen LogP) is 3.64. The molecule has 1 aromatic carbocycles. The minimum Gasteiger partial charge on any atom is -0.467 e. The van der Waals surface area contributed by atoms with Crippen molar-refractivity contribution in [1.29, 1.82) is 0 Å². The second-order valence-electron chi connectivity index (χ2n) is 6.67. The second kappa shape index (κ2) is 11.6. The summed E-state index contributed by atoms with van der Waals surface area (Å²) in [4.78, 5) is 29.0. The topological polar surface area (TPSA) is 95.6 Å². The quantitative estimate of drug-likeness (QED) is 0.258. The molecule has 0 saturated heterocycles. The summed E-state index contributed by atoms with van der Waals surface area (Å²) in [6.07, 6.45) is 2.39. The van der Waals surface area contributed by atoms with Crippen molar-refractivity contribution in [3.05, 3.63) is 47.9 Å². The maximum Gasteiger partial charge on any atom is 0.338 e. The zero-order chi connectivity index (χ0) is 22.1. The number of ether oxygens (including phenoxy) is 2. The van der Waals surface area contributed by atoms with Crippen LogP contribution in [0, 0.1) is 0 Å². The fourth-order valence-electron chi connectivity index (χ4n) is 3.02. The summed E-state index contributed by atoms with van der Waals surface area (Å²) in [5.41, 5.74) is 2.06. The molecule has 8 nitrogen and oxygen atoms in total.